The molecule has 0 aromatic heterocycles. The minimum atomic E-state index is -0.929. The minimum Gasteiger partial charge on any atom is -0.478 e. The molecule has 3 nitrogen and oxygen atoms in total. The van der Waals surface area contributed by atoms with Crippen LogP contribution in [0.25, 0.3) is 0 Å². The molecule has 0 atom stereocenters. The van der Waals surface area contributed by atoms with E-state index in [0.29, 0.717) is 0 Å². The van der Waals surface area contributed by atoms with Gasteiger partial charge in [-0.2, -0.15) is 0 Å². The van der Waals surface area contributed by atoms with E-state index in [4.69, 9.17) is 5.11 Å². The van der Waals surface area contributed by atoms with E-state index in [1.165, 1.54) is 11.1 Å². The van der Waals surface area contributed by atoms with E-state index in [1.807, 2.05) is 31.9 Å². The zero-order valence-electron chi connectivity index (χ0n) is 11.6. The van der Waals surface area contributed by atoms with Crippen LogP contribution in [0.3, 0.4) is 0 Å². The molecule has 0 unspecified atom stereocenters. The van der Waals surface area contributed by atoms with Gasteiger partial charge in [0.1, 0.15) is 0 Å². The second kappa shape index (κ2) is 5.67. The van der Waals surface area contributed by atoms with Crippen LogP contribution in [0.15, 0.2) is 40.9 Å². The maximum absolute atomic E-state index is 11.1. The van der Waals surface area contributed by atoms with Gasteiger partial charge in [-0.25, -0.2) is 4.79 Å². The van der Waals surface area contributed by atoms with Crippen molar-refractivity contribution in [2.24, 2.45) is 0 Å². The Morgan fingerprint density at radius 1 is 1.00 bits per heavy atom. The number of nitrogens with zero attached hydrogens (tertiary/aromatic N) is 1. The Morgan fingerprint density at radius 2 is 1.55 bits per heavy atom. The first-order valence-corrected chi connectivity index (χ1v) is 7.02. The van der Waals surface area contributed by atoms with Gasteiger partial charge in [-0.3, -0.25) is 0 Å². The number of carboxylic acids is 1. The topological polar surface area (TPSA) is 40.5 Å². The first-order valence-electron chi connectivity index (χ1n) is 6.23. The molecule has 0 radical (unpaired) electrons. The molecule has 0 aliphatic rings. The molecule has 0 aliphatic carbocycles. The van der Waals surface area contributed by atoms with E-state index in [9.17, 15) is 4.79 Å². The molecule has 0 aliphatic heterocycles. The molecule has 104 valence electrons. The third kappa shape index (κ3) is 3.20. The van der Waals surface area contributed by atoms with Crippen LogP contribution in [0, 0.1) is 13.8 Å². The van der Waals surface area contributed by atoms with Crippen molar-refractivity contribution in [2.45, 2.75) is 13.8 Å². The van der Waals surface area contributed by atoms with Gasteiger partial charge < -0.3 is 10.0 Å². The summed E-state index contributed by atoms with van der Waals surface area (Å²) in [5.41, 5.74) is 4.50. The van der Waals surface area contributed by atoms with Crippen molar-refractivity contribution in [3.63, 3.8) is 0 Å². The van der Waals surface area contributed by atoms with Crippen molar-refractivity contribution < 1.29 is 9.90 Å². The van der Waals surface area contributed by atoms with Gasteiger partial charge in [-0.1, -0.05) is 22.0 Å². The predicted octanol–water partition coefficient (Wildman–Crippen LogP) is 4.53. The number of halogens is 1. The van der Waals surface area contributed by atoms with Crippen molar-refractivity contribution in [3.8, 4) is 0 Å². The van der Waals surface area contributed by atoms with E-state index >= 15 is 0 Å². The molecule has 0 bridgehead atoms. The molecule has 0 amide bonds. The van der Waals surface area contributed by atoms with E-state index in [2.05, 4.69) is 34.1 Å². The molecule has 2 aromatic rings. The van der Waals surface area contributed by atoms with Crippen LogP contribution in [0.4, 0.5) is 11.4 Å². The van der Waals surface area contributed by atoms with Gasteiger partial charge in [-0.05, 0) is 55.3 Å². The zero-order chi connectivity index (χ0) is 14.9. The highest BCUT2D eigenvalue weighted by atomic mass is 79.9. The van der Waals surface area contributed by atoms with Gasteiger partial charge in [0, 0.05) is 22.9 Å². The van der Waals surface area contributed by atoms with Gasteiger partial charge in [0.15, 0.2) is 0 Å². The second-order valence-corrected chi connectivity index (χ2v) is 5.82. The fourth-order valence-corrected chi connectivity index (χ4v) is 2.67. The van der Waals surface area contributed by atoms with Crippen molar-refractivity contribution in [3.05, 3.63) is 57.6 Å². The largest absolute Gasteiger partial charge is 0.478 e. The lowest BCUT2D eigenvalue weighted by Crippen LogP contribution is -2.11. The van der Waals surface area contributed by atoms with Gasteiger partial charge in [-0.15, -0.1) is 0 Å². The molecule has 20 heavy (non-hydrogen) atoms. The second-order valence-electron chi connectivity index (χ2n) is 4.91. The summed E-state index contributed by atoms with van der Waals surface area (Å²) in [6.07, 6.45) is 0. The van der Waals surface area contributed by atoms with Gasteiger partial charge >= 0.3 is 5.97 Å². The van der Waals surface area contributed by atoms with Gasteiger partial charge in [0.2, 0.25) is 0 Å². The van der Waals surface area contributed by atoms with E-state index in [0.717, 1.165) is 15.8 Å². The fraction of sp³-hybridized carbons (Fsp3) is 0.188. The average Bonchev–Trinajstić information content (AvgIpc) is 2.35. The number of benzene rings is 2. The van der Waals surface area contributed by atoms with E-state index in [-0.39, 0.29) is 5.56 Å². The smallest absolute Gasteiger partial charge is 0.335 e. The number of anilines is 2. The number of carbonyl (C=O) groups is 1. The van der Waals surface area contributed by atoms with Crippen LogP contribution >= 0.6 is 15.9 Å². The molecule has 1 N–H and O–H groups in total. The van der Waals surface area contributed by atoms with Crippen molar-refractivity contribution >= 4 is 33.3 Å². The highest BCUT2D eigenvalue weighted by molar-refractivity contribution is 9.10. The summed E-state index contributed by atoms with van der Waals surface area (Å²) in [7, 11) is 1.93. The maximum atomic E-state index is 11.1. The minimum absolute atomic E-state index is 0.269. The van der Waals surface area contributed by atoms with Crippen molar-refractivity contribution in [1.29, 1.82) is 0 Å². The summed E-state index contributed by atoms with van der Waals surface area (Å²) >= 11 is 3.36. The quantitative estimate of drug-likeness (QED) is 0.896. The first-order chi connectivity index (χ1) is 9.36. The molecule has 2 rings (SSSR count). The Kier molecular flexibility index (Phi) is 4.14. The molecule has 0 saturated carbocycles. The Morgan fingerprint density at radius 3 is 2.10 bits per heavy atom. The summed E-state index contributed by atoms with van der Waals surface area (Å²) in [6.45, 7) is 4.10. The Hall–Kier alpha value is -1.81. The molecule has 0 heterocycles. The van der Waals surface area contributed by atoms with Crippen LogP contribution in [0.1, 0.15) is 21.5 Å². The summed E-state index contributed by atoms with van der Waals surface area (Å²) in [5, 5.41) is 9.13. The molecular formula is C16H16BrNO2. The predicted molar refractivity (Wildman–Crippen MR) is 85.1 cm³/mol. The number of hydrogen-bond acceptors (Lipinski definition) is 2. The molecule has 2 aromatic carbocycles. The normalized spacial score (nSPS) is 10.4. The summed E-state index contributed by atoms with van der Waals surface area (Å²) in [5.74, 6) is -0.929. The summed E-state index contributed by atoms with van der Waals surface area (Å²) in [4.78, 5) is 13.1. The van der Waals surface area contributed by atoms with Crippen LogP contribution in [0.2, 0.25) is 0 Å². The highest BCUT2D eigenvalue weighted by Crippen LogP contribution is 2.29. The lowest BCUT2D eigenvalue weighted by Gasteiger charge is -2.21. The Balaban J connectivity index is 2.47. The number of hydrogen-bond donors (Lipinski definition) is 1. The van der Waals surface area contributed by atoms with Crippen molar-refractivity contribution in [2.75, 3.05) is 11.9 Å². The average molecular weight is 334 g/mol. The lowest BCUT2D eigenvalue weighted by molar-refractivity contribution is 0.0697. The Labute approximate surface area is 127 Å². The number of aromatic carboxylic acids is 1. The van der Waals surface area contributed by atoms with Crippen LogP contribution in [-0.2, 0) is 0 Å². The fourth-order valence-electron chi connectivity index (χ4n) is 2.18. The lowest BCUT2D eigenvalue weighted by atomic mass is 10.1. The number of aryl methyl sites for hydroxylation is 2. The number of carboxylic acid groups (broad SMARTS) is 1. The van der Waals surface area contributed by atoms with Crippen LogP contribution in [-0.4, -0.2) is 18.1 Å². The number of rotatable bonds is 3. The van der Waals surface area contributed by atoms with E-state index < -0.39 is 5.97 Å². The van der Waals surface area contributed by atoms with Crippen molar-refractivity contribution in [1.82, 2.24) is 0 Å². The van der Waals surface area contributed by atoms with Gasteiger partial charge in [0.25, 0.3) is 0 Å². The third-order valence-corrected chi connectivity index (χ3v) is 3.57. The molecule has 0 spiro atoms. The van der Waals surface area contributed by atoms with Crippen LogP contribution in [0.5, 0.6) is 0 Å². The SMILES string of the molecule is Cc1cc(C)cc(N(C)c2cc(Br)cc(C(=O)O)c2)c1. The molecule has 4 heteroatoms. The third-order valence-electron chi connectivity index (χ3n) is 3.11. The van der Waals surface area contributed by atoms with E-state index in [1.54, 1.807) is 12.1 Å². The first kappa shape index (κ1) is 14.6. The molecular weight excluding hydrogens is 318 g/mol. The summed E-state index contributed by atoms with van der Waals surface area (Å²) < 4.78 is 0.753. The van der Waals surface area contributed by atoms with Gasteiger partial charge in [0.05, 0.1) is 5.56 Å². The summed E-state index contributed by atoms with van der Waals surface area (Å²) in [6, 6.07) is 11.4. The maximum Gasteiger partial charge on any atom is 0.335 e. The highest BCUT2D eigenvalue weighted by Gasteiger charge is 2.10. The Bertz CT molecular complexity index is 647. The van der Waals surface area contributed by atoms with Crippen LogP contribution < -0.4 is 4.90 Å². The monoisotopic (exact) mass is 333 g/mol. The molecule has 0 fully saturated rings. The zero-order valence-corrected chi connectivity index (χ0v) is 13.2. The molecule has 0 saturated heterocycles. The standard InChI is InChI=1S/C16H16BrNO2/c1-10-4-11(2)6-14(5-10)18(3)15-8-12(16(19)20)7-13(17)9-15/h4-9H,1-3H3,(H,19,20).